The molecule has 0 saturated carbocycles. The number of ether oxygens (including phenoxy) is 1. The zero-order valence-electron chi connectivity index (χ0n) is 16.9. The average Bonchev–Trinajstić information content (AvgIpc) is 3.06. The summed E-state index contributed by atoms with van der Waals surface area (Å²) in [5.41, 5.74) is 4.62. The van der Waals surface area contributed by atoms with Crippen molar-refractivity contribution in [2.45, 2.75) is 19.8 Å². The quantitative estimate of drug-likeness (QED) is 0.614. The molecule has 29 heavy (non-hydrogen) atoms. The highest BCUT2D eigenvalue weighted by Crippen LogP contribution is 2.30. The van der Waals surface area contributed by atoms with E-state index in [2.05, 4.69) is 57.0 Å². The predicted molar refractivity (Wildman–Crippen MR) is 121 cm³/mol. The molecule has 1 saturated heterocycles. The van der Waals surface area contributed by atoms with Gasteiger partial charge in [0.15, 0.2) is 0 Å². The second kappa shape index (κ2) is 8.49. The molecule has 1 fully saturated rings. The number of amides is 1. The number of piperazine rings is 1. The van der Waals surface area contributed by atoms with E-state index in [1.54, 1.807) is 7.11 Å². The van der Waals surface area contributed by atoms with Crippen molar-refractivity contribution in [3.63, 3.8) is 0 Å². The van der Waals surface area contributed by atoms with Gasteiger partial charge in [0, 0.05) is 43.5 Å². The number of hydrogen-bond donors (Lipinski definition) is 1. The van der Waals surface area contributed by atoms with Gasteiger partial charge in [0.25, 0.3) is 0 Å². The fourth-order valence-corrected chi connectivity index (χ4v) is 4.68. The molecule has 2 heterocycles. The molecule has 2 aromatic carbocycles. The molecule has 0 unspecified atom stereocenters. The Balaban J connectivity index is 1.37. The Labute approximate surface area is 179 Å². The number of methoxy groups -OCH3 is 1. The summed E-state index contributed by atoms with van der Waals surface area (Å²) in [5, 5.41) is 1.20. The van der Waals surface area contributed by atoms with Crippen molar-refractivity contribution in [2.24, 2.45) is 0 Å². The van der Waals surface area contributed by atoms with E-state index in [0.29, 0.717) is 6.42 Å². The third-order valence-electron chi connectivity index (χ3n) is 5.66. The zero-order valence-corrected chi connectivity index (χ0v) is 18.5. The first-order chi connectivity index (χ1) is 14.1. The van der Waals surface area contributed by atoms with Crippen molar-refractivity contribution in [3.05, 3.63) is 58.2 Å². The van der Waals surface area contributed by atoms with Crippen LogP contribution in [0.1, 0.15) is 17.5 Å². The molecular formula is C23H26BrN3O2. The number of hydrogen-bond acceptors (Lipinski definition) is 3. The maximum atomic E-state index is 12.8. The molecule has 5 nitrogen and oxygen atoms in total. The van der Waals surface area contributed by atoms with E-state index in [0.717, 1.165) is 54.2 Å². The highest BCUT2D eigenvalue weighted by atomic mass is 79.9. The molecule has 1 aliphatic heterocycles. The first-order valence-corrected chi connectivity index (χ1v) is 10.8. The van der Waals surface area contributed by atoms with Gasteiger partial charge < -0.3 is 19.5 Å². The highest BCUT2D eigenvalue weighted by molar-refractivity contribution is 9.10. The average molecular weight is 456 g/mol. The minimum Gasteiger partial charge on any atom is -0.495 e. The molecule has 0 spiro atoms. The van der Waals surface area contributed by atoms with Crippen LogP contribution in [0.2, 0.25) is 0 Å². The third kappa shape index (κ3) is 4.13. The lowest BCUT2D eigenvalue weighted by molar-refractivity contribution is -0.131. The van der Waals surface area contributed by atoms with Gasteiger partial charge in [0.1, 0.15) is 5.75 Å². The standard InChI is InChI=1S/C23H26BrN3O2/c1-16-7-9-19-18(15-16)17(23(24)25-19)8-10-22(28)27-13-11-26(12-14-27)20-5-3-4-6-21(20)29-2/h3-7,9,15,25H,8,10-14H2,1-2H3. The number of rotatable bonds is 5. The number of fused-ring (bicyclic) bond motifs is 1. The van der Waals surface area contributed by atoms with Crippen molar-refractivity contribution in [1.29, 1.82) is 0 Å². The Bertz CT molecular complexity index is 1020. The topological polar surface area (TPSA) is 48.6 Å². The summed E-state index contributed by atoms with van der Waals surface area (Å²) in [4.78, 5) is 20.5. The Morgan fingerprint density at radius 2 is 1.90 bits per heavy atom. The largest absolute Gasteiger partial charge is 0.495 e. The van der Waals surface area contributed by atoms with Gasteiger partial charge in [-0.05, 0) is 59.1 Å². The van der Waals surface area contributed by atoms with Crippen LogP contribution in [0.5, 0.6) is 5.75 Å². The molecule has 0 aliphatic carbocycles. The number of carbonyl (C=O) groups is 1. The Hall–Kier alpha value is -2.47. The third-order valence-corrected chi connectivity index (χ3v) is 6.33. The van der Waals surface area contributed by atoms with E-state index in [-0.39, 0.29) is 5.91 Å². The van der Waals surface area contributed by atoms with Gasteiger partial charge in [-0.15, -0.1) is 0 Å². The van der Waals surface area contributed by atoms with Crippen LogP contribution in [0.3, 0.4) is 0 Å². The molecule has 152 valence electrons. The number of carbonyl (C=O) groups excluding carboxylic acids is 1. The summed E-state index contributed by atoms with van der Waals surface area (Å²) < 4.78 is 6.46. The molecular weight excluding hydrogens is 430 g/mol. The molecule has 1 aliphatic rings. The number of H-pyrrole nitrogens is 1. The SMILES string of the molecule is COc1ccccc1N1CCN(C(=O)CCc2c(Br)[nH]c3ccc(C)cc23)CC1. The minimum atomic E-state index is 0.221. The Kier molecular flexibility index (Phi) is 5.81. The van der Waals surface area contributed by atoms with Gasteiger partial charge in [-0.3, -0.25) is 4.79 Å². The molecule has 1 aromatic heterocycles. The number of anilines is 1. The minimum absolute atomic E-state index is 0.221. The maximum absolute atomic E-state index is 12.8. The van der Waals surface area contributed by atoms with Crippen molar-refractivity contribution >= 4 is 38.4 Å². The number of halogens is 1. The number of nitrogens with one attached hydrogen (secondary N) is 1. The summed E-state index contributed by atoms with van der Waals surface area (Å²) >= 11 is 3.63. The smallest absolute Gasteiger partial charge is 0.223 e. The monoisotopic (exact) mass is 455 g/mol. The summed E-state index contributed by atoms with van der Waals surface area (Å²) in [6.07, 6.45) is 1.25. The normalized spacial score (nSPS) is 14.4. The summed E-state index contributed by atoms with van der Waals surface area (Å²) in [6, 6.07) is 14.4. The Morgan fingerprint density at radius 3 is 2.66 bits per heavy atom. The van der Waals surface area contributed by atoms with Gasteiger partial charge in [0.05, 0.1) is 17.4 Å². The molecule has 0 bridgehead atoms. The van der Waals surface area contributed by atoms with Gasteiger partial charge >= 0.3 is 0 Å². The predicted octanol–water partition coefficient (Wildman–Crippen LogP) is 4.53. The number of nitrogens with zero attached hydrogens (tertiary/aromatic N) is 2. The van der Waals surface area contributed by atoms with E-state index < -0.39 is 0 Å². The zero-order chi connectivity index (χ0) is 20.4. The Morgan fingerprint density at radius 1 is 1.14 bits per heavy atom. The van der Waals surface area contributed by atoms with Crippen molar-refractivity contribution in [3.8, 4) is 5.75 Å². The molecule has 0 atom stereocenters. The molecule has 1 N–H and O–H groups in total. The van der Waals surface area contributed by atoms with Gasteiger partial charge in [-0.1, -0.05) is 23.8 Å². The van der Waals surface area contributed by atoms with Crippen molar-refractivity contribution < 1.29 is 9.53 Å². The van der Waals surface area contributed by atoms with E-state index in [1.807, 2.05) is 23.1 Å². The number of aryl methyl sites for hydroxylation is 2. The van der Waals surface area contributed by atoms with Gasteiger partial charge in [-0.2, -0.15) is 0 Å². The lowest BCUT2D eigenvalue weighted by atomic mass is 10.1. The number of para-hydroxylation sites is 2. The second-order valence-corrected chi connectivity index (χ2v) is 8.30. The summed E-state index contributed by atoms with van der Waals surface area (Å²) in [5.74, 6) is 1.10. The number of aromatic nitrogens is 1. The number of aromatic amines is 1. The van der Waals surface area contributed by atoms with E-state index in [9.17, 15) is 4.79 Å². The molecule has 6 heteroatoms. The van der Waals surface area contributed by atoms with Crippen molar-refractivity contribution in [1.82, 2.24) is 9.88 Å². The van der Waals surface area contributed by atoms with Crippen LogP contribution in [0.25, 0.3) is 10.9 Å². The van der Waals surface area contributed by atoms with Gasteiger partial charge in [-0.25, -0.2) is 0 Å². The molecule has 1 amide bonds. The van der Waals surface area contributed by atoms with Gasteiger partial charge in [0.2, 0.25) is 5.91 Å². The fraction of sp³-hybridized carbons (Fsp3) is 0.348. The lowest BCUT2D eigenvalue weighted by Gasteiger charge is -2.36. The van der Waals surface area contributed by atoms with Crippen molar-refractivity contribution in [2.75, 3.05) is 38.2 Å². The van der Waals surface area contributed by atoms with Crippen LogP contribution < -0.4 is 9.64 Å². The van der Waals surface area contributed by atoms with Crippen LogP contribution in [0.4, 0.5) is 5.69 Å². The first-order valence-electron chi connectivity index (χ1n) is 9.99. The molecule has 4 rings (SSSR count). The van der Waals surface area contributed by atoms with E-state index >= 15 is 0 Å². The highest BCUT2D eigenvalue weighted by Gasteiger charge is 2.23. The van der Waals surface area contributed by atoms with Crippen LogP contribution in [0, 0.1) is 6.92 Å². The first kappa shape index (κ1) is 19.8. The van der Waals surface area contributed by atoms with Crippen LogP contribution >= 0.6 is 15.9 Å². The maximum Gasteiger partial charge on any atom is 0.223 e. The summed E-state index contributed by atoms with van der Waals surface area (Å²) in [7, 11) is 1.70. The van der Waals surface area contributed by atoms with Crippen LogP contribution in [0.15, 0.2) is 47.1 Å². The van der Waals surface area contributed by atoms with E-state index in [4.69, 9.17) is 4.74 Å². The van der Waals surface area contributed by atoms with E-state index in [1.165, 1.54) is 16.5 Å². The summed E-state index contributed by atoms with van der Waals surface area (Å²) in [6.45, 7) is 5.22. The number of benzene rings is 2. The molecule has 3 aromatic rings. The lowest BCUT2D eigenvalue weighted by Crippen LogP contribution is -2.48. The fourth-order valence-electron chi connectivity index (χ4n) is 4.05. The second-order valence-electron chi connectivity index (χ2n) is 7.51. The molecule has 0 radical (unpaired) electrons. The van der Waals surface area contributed by atoms with Crippen LogP contribution in [-0.4, -0.2) is 49.1 Å². The van der Waals surface area contributed by atoms with Crippen LogP contribution in [-0.2, 0) is 11.2 Å².